The minimum atomic E-state index is -0.0777. The Hall–Kier alpha value is -0.890. The highest BCUT2D eigenvalue weighted by Gasteiger charge is 2.42. The molecule has 4 rings (SSSR count). The van der Waals surface area contributed by atoms with E-state index >= 15 is 0 Å². The van der Waals surface area contributed by atoms with Crippen molar-refractivity contribution in [1.29, 1.82) is 0 Å². The van der Waals surface area contributed by atoms with Crippen molar-refractivity contribution in [3.8, 4) is 0 Å². The zero-order valence-electron chi connectivity index (χ0n) is 13.0. The van der Waals surface area contributed by atoms with Gasteiger partial charge in [-0.05, 0) is 93.1 Å². The molecule has 21 heavy (non-hydrogen) atoms. The molecule has 3 aliphatic rings. The van der Waals surface area contributed by atoms with E-state index in [-0.39, 0.29) is 5.82 Å². The first-order chi connectivity index (χ1) is 10.2. The fourth-order valence-corrected chi connectivity index (χ4v) is 5.25. The summed E-state index contributed by atoms with van der Waals surface area (Å²) in [6, 6.07) is 6.17. The van der Waals surface area contributed by atoms with E-state index < -0.39 is 0 Å². The molecule has 1 heterocycles. The zero-order chi connectivity index (χ0) is 14.4. The van der Waals surface area contributed by atoms with Gasteiger partial charge in [0.1, 0.15) is 5.82 Å². The third-order valence-electron chi connectivity index (χ3n) is 6.38. The number of aryl methyl sites for hydroxylation is 1. The minimum absolute atomic E-state index is 0.0777. The van der Waals surface area contributed by atoms with Gasteiger partial charge in [-0.1, -0.05) is 12.5 Å². The molecule has 2 bridgehead atoms. The van der Waals surface area contributed by atoms with Crippen LogP contribution in [-0.2, 0) is 0 Å². The van der Waals surface area contributed by atoms with Gasteiger partial charge in [-0.15, -0.1) is 0 Å². The molecule has 0 amide bonds. The predicted molar refractivity (Wildman–Crippen MR) is 83.9 cm³/mol. The summed E-state index contributed by atoms with van der Waals surface area (Å²) in [6.45, 7) is 4.56. The van der Waals surface area contributed by atoms with E-state index in [1.54, 1.807) is 12.1 Å². The lowest BCUT2D eigenvalue weighted by molar-refractivity contribution is 0.110. The first-order valence-corrected chi connectivity index (χ1v) is 8.71. The fourth-order valence-electron chi connectivity index (χ4n) is 5.25. The van der Waals surface area contributed by atoms with Crippen LogP contribution in [-0.4, -0.2) is 24.0 Å². The van der Waals surface area contributed by atoms with Crippen molar-refractivity contribution < 1.29 is 4.39 Å². The topological polar surface area (TPSA) is 3.24 Å². The number of hydrogen-bond acceptors (Lipinski definition) is 1. The average molecular weight is 287 g/mol. The molecule has 2 aliphatic carbocycles. The molecule has 1 saturated heterocycles. The van der Waals surface area contributed by atoms with Crippen LogP contribution in [0.1, 0.15) is 55.6 Å². The van der Waals surface area contributed by atoms with Gasteiger partial charge in [-0.25, -0.2) is 4.39 Å². The molecule has 3 fully saturated rings. The lowest BCUT2D eigenvalue weighted by Gasteiger charge is -2.40. The summed E-state index contributed by atoms with van der Waals surface area (Å²) in [4.78, 5) is 2.76. The highest BCUT2D eigenvalue weighted by atomic mass is 19.1. The summed E-state index contributed by atoms with van der Waals surface area (Å²) in [5.74, 6) is 2.51. The molecule has 3 atom stereocenters. The van der Waals surface area contributed by atoms with Crippen molar-refractivity contribution in [3.63, 3.8) is 0 Å². The summed E-state index contributed by atoms with van der Waals surface area (Å²) >= 11 is 0. The molecular weight excluding hydrogens is 261 g/mol. The largest absolute Gasteiger partial charge is 0.300 e. The van der Waals surface area contributed by atoms with Crippen LogP contribution < -0.4 is 0 Å². The van der Waals surface area contributed by atoms with Crippen molar-refractivity contribution in [2.24, 2.45) is 11.8 Å². The number of piperidine rings is 1. The van der Waals surface area contributed by atoms with E-state index in [1.807, 2.05) is 6.07 Å². The molecular formula is C19H26FN. The molecule has 1 aromatic carbocycles. The van der Waals surface area contributed by atoms with Gasteiger partial charge in [0, 0.05) is 6.04 Å². The van der Waals surface area contributed by atoms with Crippen molar-refractivity contribution in [2.45, 2.75) is 57.4 Å². The van der Waals surface area contributed by atoms with Gasteiger partial charge < -0.3 is 4.90 Å². The van der Waals surface area contributed by atoms with Crippen molar-refractivity contribution in [3.05, 3.63) is 35.1 Å². The number of fused-ring (bicyclic) bond motifs is 2. The third-order valence-corrected chi connectivity index (χ3v) is 6.38. The van der Waals surface area contributed by atoms with Crippen LogP contribution in [0.2, 0.25) is 0 Å². The second kappa shape index (κ2) is 5.39. The van der Waals surface area contributed by atoms with Crippen molar-refractivity contribution in [2.75, 3.05) is 13.1 Å². The normalized spacial score (nSPS) is 33.7. The standard InChI is InChI=1S/C19H26FN/c1-13-2-5-17(20)12-18(13)15-6-8-21(9-7-15)19-11-14-3-4-16(19)10-14/h2,5,12,14-16,19H,3-4,6-11H2,1H3/t14-,16-,19?/m0/s1. The van der Waals surface area contributed by atoms with Crippen LogP contribution in [0.3, 0.4) is 0 Å². The van der Waals surface area contributed by atoms with Gasteiger partial charge in [-0.2, -0.15) is 0 Å². The smallest absolute Gasteiger partial charge is 0.123 e. The molecule has 0 aromatic heterocycles. The fraction of sp³-hybridized carbons (Fsp3) is 0.684. The van der Waals surface area contributed by atoms with E-state index in [0.29, 0.717) is 5.92 Å². The Kier molecular flexibility index (Phi) is 3.53. The quantitative estimate of drug-likeness (QED) is 0.774. The first kappa shape index (κ1) is 13.8. The van der Waals surface area contributed by atoms with Gasteiger partial charge in [-0.3, -0.25) is 0 Å². The lowest BCUT2D eigenvalue weighted by Crippen LogP contribution is -2.43. The molecule has 1 aromatic rings. The molecule has 2 heteroatoms. The Morgan fingerprint density at radius 2 is 1.86 bits per heavy atom. The number of benzene rings is 1. The second-order valence-corrected chi connectivity index (χ2v) is 7.55. The highest BCUT2D eigenvalue weighted by Crippen LogP contribution is 2.47. The molecule has 0 N–H and O–H groups in total. The maximum Gasteiger partial charge on any atom is 0.123 e. The lowest BCUT2D eigenvalue weighted by atomic mass is 9.85. The number of likely N-dealkylation sites (tertiary alicyclic amines) is 1. The van der Waals surface area contributed by atoms with Gasteiger partial charge >= 0.3 is 0 Å². The van der Waals surface area contributed by atoms with Crippen molar-refractivity contribution in [1.82, 2.24) is 4.90 Å². The van der Waals surface area contributed by atoms with Gasteiger partial charge in [0.05, 0.1) is 0 Å². The first-order valence-electron chi connectivity index (χ1n) is 8.71. The third kappa shape index (κ3) is 2.52. The van der Waals surface area contributed by atoms with Crippen molar-refractivity contribution >= 4 is 0 Å². The molecule has 1 aliphatic heterocycles. The van der Waals surface area contributed by atoms with Crippen LogP contribution in [0.25, 0.3) is 0 Å². The summed E-state index contributed by atoms with van der Waals surface area (Å²) in [5.41, 5.74) is 2.51. The Labute approximate surface area is 127 Å². The van der Waals surface area contributed by atoms with Gasteiger partial charge in [0.15, 0.2) is 0 Å². The van der Waals surface area contributed by atoms with Crippen LogP contribution >= 0.6 is 0 Å². The van der Waals surface area contributed by atoms with Crippen LogP contribution in [0.4, 0.5) is 4.39 Å². The summed E-state index contributed by atoms with van der Waals surface area (Å²) in [6.07, 6.45) is 8.32. The summed E-state index contributed by atoms with van der Waals surface area (Å²) in [7, 11) is 0. The van der Waals surface area contributed by atoms with E-state index in [4.69, 9.17) is 0 Å². The maximum absolute atomic E-state index is 13.5. The average Bonchev–Trinajstić information content (AvgIpc) is 3.13. The highest BCUT2D eigenvalue weighted by molar-refractivity contribution is 5.30. The van der Waals surface area contributed by atoms with E-state index in [9.17, 15) is 4.39 Å². The Bertz CT molecular complexity index is 518. The molecule has 1 nitrogen and oxygen atoms in total. The van der Waals surface area contributed by atoms with E-state index in [2.05, 4.69) is 11.8 Å². The predicted octanol–water partition coefficient (Wildman–Crippen LogP) is 4.50. The minimum Gasteiger partial charge on any atom is -0.300 e. The van der Waals surface area contributed by atoms with E-state index in [0.717, 1.165) is 17.9 Å². The number of rotatable bonds is 2. The molecule has 1 unspecified atom stereocenters. The SMILES string of the molecule is Cc1ccc(F)cc1C1CCN(C2C[C@H]3CC[C@H]2C3)CC1. The maximum atomic E-state index is 13.5. The van der Waals surface area contributed by atoms with Crippen LogP contribution in [0.5, 0.6) is 0 Å². The summed E-state index contributed by atoms with van der Waals surface area (Å²) < 4.78 is 13.5. The molecule has 114 valence electrons. The zero-order valence-corrected chi connectivity index (χ0v) is 13.0. The Balaban J connectivity index is 1.41. The molecule has 0 radical (unpaired) electrons. The number of nitrogens with zero attached hydrogens (tertiary/aromatic N) is 1. The molecule has 2 saturated carbocycles. The second-order valence-electron chi connectivity index (χ2n) is 7.55. The van der Waals surface area contributed by atoms with Gasteiger partial charge in [0.2, 0.25) is 0 Å². The number of halogens is 1. The Morgan fingerprint density at radius 1 is 1.05 bits per heavy atom. The monoisotopic (exact) mass is 287 g/mol. The van der Waals surface area contributed by atoms with Crippen LogP contribution in [0.15, 0.2) is 18.2 Å². The summed E-state index contributed by atoms with van der Waals surface area (Å²) in [5, 5.41) is 0. The Morgan fingerprint density at radius 3 is 2.52 bits per heavy atom. The van der Waals surface area contributed by atoms with Crippen LogP contribution in [0, 0.1) is 24.6 Å². The van der Waals surface area contributed by atoms with Gasteiger partial charge in [0.25, 0.3) is 0 Å². The number of hydrogen-bond donors (Lipinski definition) is 0. The van der Waals surface area contributed by atoms with E-state index in [1.165, 1.54) is 62.7 Å². The molecule has 0 spiro atoms.